The zero-order chi connectivity index (χ0) is 31.4. The van der Waals surface area contributed by atoms with Crippen LogP contribution in [0.4, 0.5) is 26.3 Å². The van der Waals surface area contributed by atoms with Gasteiger partial charge in [-0.15, -0.1) is 69.7 Å². The van der Waals surface area contributed by atoms with Crippen LogP contribution in [-0.2, 0) is 38.6 Å². The number of hydrogen-bond donors (Lipinski definition) is 2. The van der Waals surface area contributed by atoms with Crippen LogP contribution in [0, 0.1) is 0 Å². The molecule has 6 rings (SSSR count). The molecule has 0 saturated heterocycles. The van der Waals surface area contributed by atoms with Gasteiger partial charge in [0.1, 0.15) is 11.5 Å². The summed E-state index contributed by atoms with van der Waals surface area (Å²) in [6, 6.07) is 34.2. The van der Waals surface area contributed by atoms with E-state index in [0.29, 0.717) is 0 Å². The zero-order valence-corrected chi connectivity index (χ0v) is 27.2. The summed E-state index contributed by atoms with van der Waals surface area (Å²) in [7, 11) is -1.62. The molecule has 2 nitrogen and oxygen atoms in total. The monoisotopic (exact) mass is 700 g/mol. The molecule has 0 heterocycles. The van der Waals surface area contributed by atoms with Gasteiger partial charge in [0.05, 0.1) is 19.2 Å². The minimum absolute atomic E-state index is 0. The average molecular weight is 702 g/mol. The van der Waals surface area contributed by atoms with Crippen molar-refractivity contribution in [3.8, 4) is 11.5 Å². The van der Waals surface area contributed by atoms with Crippen LogP contribution in [0.15, 0.2) is 121 Å². The topological polar surface area (TPSA) is 40.5 Å². The van der Waals surface area contributed by atoms with Crippen LogP contribution in [0.25, 0.3) is 21.5 Å². The molecule has 0 unspecified atom stereocenters. The number of halogens is 6. The fourth-order valence-electron chi connectivity index (χ4n) is 4.49. The second-order valence-corrected chi connectivity index (χ2v) is 14.9. The van der Waals surface area contributed by atoms with Crippen molar-refractivity contribution in [2.75, 3.05) is 0 Å². The summed E-state index contributed by atoms with van der Waals surface area (Å²) < 4.78 is 71.0. The summed E-state index contributed by atoms with van der Waals surface area (Å²) in [5.41, 5.74) is -1.51. The van der Waals surface area contributed by atoms with Crippen LogP contribution < -0.4 is 10.4 Å². The summed E-state index contributed by atoms with van der Waals surface area (Å²) in [4.78, 5) is 0. The predicted molar refractivity (Wildman–Crippen MR) is 162 cm³/mol. The van der Waals surface area contributed by atoms with E-state index in [1.54, 1.807) is 0 Å². The van der Waals surface area contributed by atoms with Crippen LogP contribution in [0.2, 0.25) is 13.1 Å². The maximum atomic E-state index is 11.8. The minimum Gasteiger partial charge on any atom is -0.508 e. The number of alkyl halides is 6. The first kappa shape index (κ1) is 34.9. The predicted octanol–water partition coefficient (Wildman–Crippen LogP) is 9.07. The van der Waals surface area contributed by atoms with Crippen molar-refractivity contribution in [3.63, 3.8) is 0 Å². The number of benzene rings is 4. The number of phenols is 2. The number of aromatic hydroxyl groups is 2. The molecule has 2 N–H and O–H groups in total. The molecule has 0 bridgehead atoms. The molecule has 226 valence electrons. The van der Waals surface area contributed by atoms with E-state index in [1.165, 1.54) is 31.9 Å². The Balaban J connectivity index is 0.000000197. The van der Waals surface area contributed by atoms with E-state index in [9.17, 15) is 26.3 Å². The van der Waals surface area contributed by atoms with Gasteiger partial charge in [0.2, 0.25) is 0 Å². The molecular weight excluding hydrogens is 674 g/mol. The van der Waals surface area contributed by atoms with Crippen molar-refractivity contribution in [2.45, 2.75) is 25.4 Å². The fourth-order valence-corrected chi connectivity index (χ4v) is 6.89. The number of hydrogen-bond acceptors (Lipinski definition) is 2. The molecule has 10 heteroatoms. The summed E-state index contributed by atoms with van der Waals surface area (Å²) in [5, 5.41) is 25.8. The van der Waals surface area contributed by atoms with E-state index in [4.69, 9.17) is 10.2 Å². The van der Waals surface area contributed by atoms with Crippen molar-refractivity contribution >= 4 is 40.0 Å². The molecule has 0 aliphatic rings. The van der Waals surface area contributed by atoms with Gasteiger partial charge in [0, 0.05) is 0 Å². The number of rotatable bonds is 2. The van der Waals surface area contributed by atoms with Crippen molar-refractivity contribution in [1.82, 2.24) is 0 Å². The third-order valence-electron chi connectivity index (χ3n) is 7.07. The molecular formula is C34H28F6O2SiZr. The van der Waals surface area contributed by atoms with Crippen LogP contribution in [-0.4, -0.2) is 18.3 Å². The van der Waals surface area contributed by atoms with Crippen LogP contribution in [0.3, 0.4) is 0 Å². The van der Waals surface area contributed by atoms with Gasteiger partial charge in [-0.25, -0.2) is 0 Å². The smallest absolute Gasteiger partial charge is 0.508 e. The quantitative estimate of drug-likeness (QED) is 0.108. The molecule has 6 aromatic carbocycles. The molecule has 0 saturated carbocycles. The Hall–Kier alpha value is -3.62. The Kier molecular flexibility index (Phi) is 11.1. The van der Waals surface area contributed by atoms with Crippen molar-refractivity contribution in [1.29, 1.82) is 0 Å². The molecule has 0 aliphatic heterocycles. The second-order valence-electron chi connectivity index (χ2n) is 10.5. The Morgan fingerprint density at radius 2 is 0.841 bits per heavy atom. The summed E-state index contributed by atoms with van der Waals surface area (Å²) >= 11 is 0. The molecule has 0 aromatic heterocycles. The Morgan fingerprint density at radius 3 is 1.14 bits per heavy atom. The summed E-state index contributed by atoms with van der Waals surface area (Å²) in [6.45, 7) is 4.91. The molecule has 0 radical (unpaired) electrons. The molecule has 0 spiro atoms. The van der Waals surface area contributed by atoms with Crippen molar-refractivity contribution in [3.05, 3.63) is 132 Å². The fraction of sp³-hybridized carbons (Fsp3) is 0.118. The third-order valence-corrected chi connectivity index (χ3v) is 10.5. The average Bonchev–Trinajstić information content (AvgIpc) is 3.59. The SMILES string of the molecule is C[Si](C)(c1cc2ccccc2[cH-]1)c1cc2ccccc2[cH-]1.Oc1ccc(C(F)(F)F)cc1.Oc1ccc(C(F)(F)F)cc1.[Zr+2]. The van der Waals surface area contributed by atoms with Crippen LogP contribution >= 0.6 is 0 Å². The standard InChI is InChI=1S/C20H18Si.2C7H5F3O.Zr/c1-21(2,19-11-15-7-3-4-8-16(15)12-19)20-13-17-9-5-6-10-18(17)14-20;2*8-7(9,10)5-1-3-6(11)4-2-5;/h3-14H,1-2H3;2*1-4,11H;/q-2;;;+2. The van der Waals surface area contributed by atoms with Crippen molar-refractivity contribution in [2.24, 2.45) is 0 Å². The molecule has 0 aliphatic carbocycles. The molecule has 0 atom stereocenters. The summed E-state index contributed by atoms with van der Waals surface area (Å²) in [5.74, 6) is -0.337. The first-order valence-electron chi connectivity index (χ1n) is 13.2. The van der Waals surface area contributed by atoms with Gasteiger partial charge in [-0.1, -0.05) is 25.2 Å². The molecule has 44 heavy (non-hydrogen) atoms. The van der Waals surface area contributed by atoms with Gasteiger partial charge in [-0.3, -0.25) is 0 Å². The Labute approximate surface area is 271 Å². The van der Waals surface area contributed by atoms with E-state index in [1.807, 2.05) is 0 Å². The maximum Gasteiger partial charge on any atom is 2.00 e. The van der Waals surface area contributed by atoms with E-state index in [-0.39, 0.29) is 37.7 Å². The van der Waals surface area contributed by atoms with Crippen LogP contribution in [0.1, 0.15) is 11.1 Å². The molecule has 0 fully saturated rings. The molecule has 6 aromatic rings. The van der Waals surface area contributed by atoms with E-state index in [0.717, 1.165) is 48.5 Å². The largest absolute Gasteiger partial charge is 2.00 e. The first-order valence-corrected chi connectivity index (χ1v) is 16.2. The van der Waals surface area contributed by atoms with E-state index < -0.39 is 31.6 Å². The van der Waals surface area contributed by atoms with Gasteiger partial charge in [-0.05, 0) is 48.5 Å². The van der Waals surface area contributed by atoms with E-state index >= 15 is 0 Å². The van der Waals surface area contributed by atoms with E-state index in [2.05, 4.69) is 85.9 Å². The Morgan fingerprint density at radius 1 is 0.523 bits per heavy atom. The number of fused-ring (bicyclic) bond motifs is 2. The van der Waals surface area contributed by atoms with Gasteiger partial charge < -0.3 is 10.2 Å². The zero-order valence-electron chi connectivity index (χ0n) is 23.7. The Bertz CT molecular complexity index is 1590. The third kappa shape index (κ3) is 8.73. The first-order chi connectivity index (χ1) is 20.1. The second kappa shape index (κ2) is 14.0. The van der Waals surface area contributed by atoms with Crippen molar-refractivity contribution < 1.29 is 62.8 Å². The van der Waals surface area contributed by atoms with Crippen LogP contribution in [0.5, 0.6) is 11.5 Å². The maximum absolute atomic E-state index is 11.8. The normalized spacial score (nSPS) is 11.6. The van der Waals surface area contributed by atoms with Gasteiger partial charge in [-0.2, -0.15) is 49.2 Å². The molecule has 0 amide bonds. The van der Waals surface area contributed by atoms with Gasteiger partial charge >= 0.3 is 38.6 Å². The number of phenolic OH excluding ortho intramolecular Hbond substituents is 2. The van der Waals surface area contributed by atoms with Gasteiger partial charge in [0.25, 0.3) is 0 Å². The minimum atomic E-state index is -4.33. The summed E-state index contributed by atoms with van der Waals surface area (Å²) in [6.07, 6.45) is -8.65. The van der Waals surface area contributed by atoms with Gasteiger partial charge in [0.15, 0.2) is 0 Å².